The Labute approximate surface area is 167 Å². The minimum atomic E-state index is 0.0478. The molecule has 0 bridgehead atoms. The average Bonchev–Trinajstić information content (AvgIpc) is 2.97. The Kier molecular flexibility index (Phi) is 5.01. The lowest BCUT2D eigenvalue weighted by atomic mass is 10.1. The fraction of sp³-hybridized carbons (Fsp3) is 0.0870. The maximum atomic E-state index is 6.09. The van der Waals surface area contributed by atoms with E-state index in [1.165, 1.54) is 0 Å². The zero-order valence-electron chi connectivity index (χ0n) is 14.9. The number of para-hydroxylation sites is 2. The number of rotatable bonds is 3. The molecule has 1 heterocycles. The maximum absolute atomic E-state index is 6.09. The van der Waals surface area contributed by atoms with Crippen molar-refractivity contribution in [2.24, 2.45) is 0 Å². The van der Waals surface area contributed by atoms with Gasteiger partial charge in [0.25, 0.3) is 0 Å². The van der Waals surface area contributed by atoms with Crippen LogP contribution < -0.4 is 15.4 Å². The molecule has 1 aliphatic heterocycles. The minimum absolute atomic E-state index is 0.0478. The molecule has 2 aromatic carbocycles. The summed E-state index contributed by atoms with van der Waals surface area (Å²) in [7, 11) is 0. The number of ether oxygens (including phenoxy) is 1. The maximum Gasteiger partial charge on any atom is 0.149 e. The van der Waals surface area contributed by atoms with Gasteiger partial charge in [0.2, 0.25) is 0 Å². The third-order valence-electron chi connectivity index (χ3n) is 4.32. The molecule has 1 unspecified atom stereocenters. The molecule has 0 amide bonds. The van der Waals surface area contributed by atoms with Crippen LogP contribution in [0.5, 0.6) is 5.75 Å². The van der Waals surface area contributed by atoms with Crippen molar-refractivity contribution in [1.82, 2.24) is 0 Å². The van der Waals surface area contributed by atoms with E-state index in [4.69, 9.17) is 4.74 Å². The molecule has 27 heavy (non-hydrogen) atoms. The van der Waals surface area contributed by atoms with Gasteiger partial charge in [-0.3, -0.25) is 0 Å². The summed E-state index contributed by atoms with van der Waals surface area (Å²) in [5, 5.41) is 7.05. The van der Waals surface area contributed by atoms with Gasteiger partial charge in [-0.15, -0.1) is 5.73 Å². The summed E-state index contributed by atoms with van der Waals surface area (Å²) in [6.07, 6.45) is 9.72. The average molecular weight is 419 g/mol. The second-order valence-electron chi connectivity index (χ2n) is 6.37. The van der Waals surface area contributed by atoms with Crippen LogP contribution in [0.1, 0.15) is 18.5 Å². The SMILES string of the molecule is CC1=CC(c2cccc(OC3=C(Br)C=CC=C=C3)c2)Nc2ccccc2N1. The predicted octanol–water partition coefficient (Wildman–Crippen LogP) is 6.44. The van der Waals surface area contributed by atoms with Crippen molar-refractivity contribution in [3.05, 3.63) is 106 Å². The highest BCUT2D eigenvalue weighted by atomic mass is 79.9. The molecule has 4 rings (SSSR count). The van der Waals surface area contributed by atoms with Crippen LogP contribution in [-0.2, 0) is 0 Å². The van der Waals surface area contributed by atoms with Gasteiger partial charge in [0.05, 0.1) is 21.9 Å². The van der Waals surface area contributed by atoms with E-state index in [0.717, 1.165) is 38.6 Å². The second kappa shape index (κ2) is 7.75. The summed E-state index contributed by atoms with van der Waals surface area (Å²) in [5.74, 6) is 1.51. The summed E-state index contributed by atoms with van der Waals surface area (Å²) in [5.41, 5.74) is 7.47. The molecule has 0 aromatic heterocycles. The highest BCUT2D eigenvalue weighted by molar-refractivity contribution is 9.11. The van der Waals surface area contributed by atoms with E-state index < -0.39 is 0 Å². The first-order valence-electron chi connectivity index (χ1n) is 8.77. The molecule has 0 spiro atoms. The fourth-order valence-corrected chi connectivity index (χ4v) is 3.40. The first-order valence-corrected chi connectivity index (χ1v) is 9.56. The van der Waals surface area contributed by atoms with Crippen LogP contribution in [0, 0.1) is 0 Å². The topological polar surface area (TPSA) is 33.3 Å². The van der Waals surface area contributed by atoms with Crippen LogP contribution in [0.3, 0.4) is 0 Å². The van der Waals surface area contributed by atoms with Gasteiger partial charge in [-0.1, -0.05) is 30.3 Å². The van der Waals surface area contributed by atoms with Crippen molar-refractivity contribution in [2.75, 3.05) is 10.6 Å². The van der Waals surface area contributed by atoms with E-state index in [2.05, 4.69) is 69.6 Å². The van der Waals surface area contributed by atoms with Crippen molar-refractivity contribution >= 4 is 27.3 Å². The molecule has 0 fully saturated rings. The minimum Gasteiger partial charge on any atom is -0.456 e. The highest BCUT2D eigenvalue weighted by Gasteiger charge is 2.16. The molecule has 2 aromatic rings. The Morgan fingerprint density at radius 3 is 2.81 bits per heavy atom. The fourth-order valence-electron chi connectivity index (χ4n) is 3.05. The molecule has 2 aliphatic rings. The van der Waals surface area contributed by atoms with Gasteiger partial charge >= 0.3 is 0 Å². The summed E-state index contributed by atoms with van der Waals surface area (Å²) in [6.45, 7) is 2.08. The van der Waals surface area contributed by atoms with Crippen LogP contribution in [0.25, 0.3) is 0 Å². The summed E-state index contributed by atoms with van der Waals surface area (Å²) >= 11 is 3.54. The van der Waals surface area contributed by atoms with Crippen molar-refractivity contribution in [1.29, 1.82) is 0 Å². The van der Waals surface area contributed by atoms with Gasteiger partial charge < -0.3 is 15.4 Å². The summed E-state index contributed by atoms with van der Waals surface area (Å²) < 4.78 is 6.97. The number of halogens is 1. The standard InChI is InChI=1S/C23H19BrN2O/c1-16-14-22(26-21-12-6-5-11-20(21)25-16)17-8-7-9-18(15-17)27-23-13-4-2-3-10-19(23)24/h2-3,5-15,22,25-26H,1H3. The number of hydrogen-bond acceptors (Lipinski definition) is 3. The van der Waals surface area contributed by atoms with Crippen LogP contribution in [-0.4, -0.2) is 0 Å². The lowest BCUT2D eigenvalue weighted by Gasteiger charge is -2.17. The van der Waals surface area contributed by atoms with E-state index in [-0.39, 0.29) is 6.04 Å². The summed E-state index contributed by atoms with van der Waals surface area (Å²) in [6, 6.07) is 16.4. The number of allylic oxidation sites excluding steroid dienone is 5. The molecule has 2 N–H and O–H groups in total. The Balaban J connectivity index is 1.64. The van der Waals surface area contributed by atoms with E-state index in [1.54, 1.807) is 0 Å². The van der Waals surface area contributed by atoms with Gasteiger partial charge in [0.1, 0.15) is 11.5 Å². The molecule has 1 atom stereocenters. The lowest BCUT2D eigenvalue weighted by Crippen LogP contribution is -2.08. The number of nitrogens with one attached hydrogen (secondary N) is 2. The van der Waals surface area contributed by atoms with Crippen LogP contribution in [0.2, 0.25) is 0 Å². The van der Waals surface area contributed by atoms with E-state index in [9.17, 15) is 0 Å². The van der Waals surface area contributed by atoms with Gasteiger partial charge in [-0.2, -0.15) is 0 Å². The Morgan fingerprint density at radius 2 is 1.93 bits per heavy atom. The summed E-state index contributed by atoms with van der Waals surface area (Å²) in [4.78, 5) is 0. The van der Waals surface area contributed by atoms with E-state index in [0.29, 0.717) is 0 Å². The van der Waals surface area contributed by atoms with Crippen molar-refractivity contribution < 1.29 is 4.74 Å². The monoisotopic (exact) mass is 418 g/mol. The Morgan fingerprint density at radius 1 is 1.07 bits per heavy atom. The molecule has 134 valence electrons. The molecule has 4 heteroatoms. The van der Waals surface area contributed by atoms with Gasteiger partial charge in [-0.05, 0) is 70.9 Å². The molecule has 0 saturated heterocycles. The van der Waals surface area contributed by atoms with Gasteiger partial charge in [0.15, 0.2) is 0 Å². The first kappa shape index (κ1) is 17.5. The second-order valence-corrected chi connectivity index (χ2v) is 7.22. The molecule has 1 aliphatic carbocycles. The highest BCUT2D eigenvalue weighted by Crippen LogP contribution is 2.33. The van der Waals surface area contributed by atoms with Crippen molar-refractivity contribution in [2.45, 2.75) is 13.0 Å². The molecule has 0 radical (unpaired) electrons. The molecular weight excluding hydrogens is 400 g/mol. The van der Waals surface area contributed by atoms with Gasteiger partial charge in [0, 0.05) is 11.8 Å². The van der Waals surface area contributed by atoms with Crippen LogP contribution in [0.4, 0.5) is 11.4 Å². The Hall–Kier alpha value is -2.94. The number of anilines is 2. The molecular formula is C23H19BrN2O. The normalized spacial score (nSPS) is 18.0. The van der Waals surface area contributed by atoms with E-state index in [1.807, 2.05) is 48.6 Å². The quantitative estimate of drug-likeness (QED) is 0.562. The van der Waals surface area contributed by atoms with E-state index >= 15 is 0 Å². The number of benzene rings is 2. The van der Waals surface area contributed by atoms with Crippen LogP contribution >= 0.6 is 15.9 Å². The van der Waals surface area contributed by atoms with Crippen LogP contribution in [0.15, 0.2) is 101 Å². The third kappa shape index (κ3) is 4.08. The largest absolute Gasteiger partial charge is 0.456 e. The molecule has 3 nitrogen and oxygen atoms in total. The lowest BCUT2D eigenvalue weighted by molar-refractivity contribution is 0.443. The predicted molar refractivity (Wildman–Crippen MR) is 115 cm³/mol. The zero-order chi connectivity index (χ0) is 18.6. The smallest absolute Gasteiger partial charge is 0.149 e. The first-order chi connectivity index (χ1) is 13.2. The van der Waals surface area contributed by atoms with Gasteiger partial charge in [-0.25, -0.2) is 0 Å². The third-order valence-corrected chi connectivity index (χ3v) is 4.97. The van der Waals surface area contributed by atoms with Crippen molar-refractivity contribution in [3.63, 3.8) is 0 Å². The Bertz CT molecular complexity index is 1030. The number of hydrogen-bond donors (Lipinski definition) is 2. The molecule has 0 saturated carbocycles. The van der Waals surface area contributed by atoms with Crippen molar-refractivity contribution in [3.8, 4) is 5.75 Å². The number of fused-ring (bicyclic) bond motifs is 1. The zero-order valence-corrected chi connectivity index (χ0v) is 16.5.